The van der Waals surface area contributed by atoms with Crippen molar-refractivity contribution < 1.29 is 0 Å². The average Bonchev–Trinajstić information content (AvgIpc) is 2.59. The molecule has 0 unspecified atom stereocenters. The second kappa shape index (κ2) is 4.06. The van der Waals surface area contributed by atoms with Crippen molar-refractivity contribution in [2.75, 3.05) is 13.6 Å². The number of halogens is 1. The third-order valence-corrected chi connectivity index (χ3v) is 2.58. The summed E-state index contributed by atoms with van der Waals surface area (Å²) < 4.78 is 2.76. The van der Waals surface area contributed by atoms with Gasteiger partial charge in [0.1, 0.15) is 0 Å². The van der Waals surface area contributed by atoms with Crippen molar-refractivity contribution in [3.8, 4) is 0 Å². The maximum Gasteiger partial charge on any atom is 0.169 e. The van der Waals surface area contributed by atoms with E-state index in [9.17, 15) is 0 Å². The Morgan fingerprint density at radius 3 is 3.14 bits per heavy atom. The largest absolute Gasteiger partial charge is 0.319 e. The van der Waals surface area contributed by atoms with Crippen LogP contribution in [0.15, 0.2) is 22.8 Å². The molecule has 0 saturated heterocycles. The van der Waals surface area contributed by atoms with E-state index in [1.165, 1.54) is 0 Å². The van der Waals surface area contributed by atoms with E-state index in [0.717, 1.165) is 28.9 Å². The molecule has 2 aromatic heterocycles. The van der Waals surface area contributed by atoms with Crippen LogP contribution in [-0.2, 0) is 6.42 Å². The molecule has 2 heterocycles. The summed E-state index contributed by atoms with van der Waals surface area (Å²) in [5.74, 6) is 0.867. The number of pyridine rings is 1. The Labute approximate surface area is 90.5 Å². The zero-order chi connectivity index (χ0) is 9.97. The lowest BCUT2D eigenvalue weighted by molar-refractivity contribution is 0.751. The number of likely N-dealkylation sites (N-methyl/N-ethyl adjacent to an activating group) is 1. The number of fused-ring (bicyclic) bond motifs is 1. The monoisotopic (exact) mass is 254 g/mol. The summed E-state index contributed by atoms with van der Waals surface area (Å²) in [6.07, 6.45) is 2.75. The first-order chi connectivity index (χ1) is 6.81. The topological polar surface area (TPSA) is 42.2 Å². The highest BCUT2D eigenvalue weighted by molar-refractivity contribution is 9.10. The molecule has 0 aliphatic rings. The van der Waals surface area contributed by atoms with E-state index in [-0.39, 0.29) is 0 Å². The number of hydrogen-bond acceptors (Lipinski definition) is 3. The summed E-state index contributed by atoms with van der Waals surface area (Å²) in [7, 11) is 1.92. The normalized spacial score (nSPS) is 11.0. The van der Waals surface area contributed by atoms with Crippen LogP contribution in [0.1, 0.15) is 5.82 Å². The molecular formula is C9H11BrN4. The van der Waals surface area contributed by atoms with E-state index in [0.29, 0.717) is 0 Å². The summed E-state index contributed by atoms with van der Waals surface area (Å²) in [4.78, 5) is 4.41. The molecule has 0 saturated carbocycles. The standard InChI is InChI=1S/C9H11BrN4/c1-11-5-4-8-12-9-7(10)3-2-6-14(9)13-8/h2-3,6,11H,4-5H2,1H3. The zero-order valence-corrected chi connectivity index (χ0v) is 9.45. The molecule has 0 bridgehead atoms. The maximum atomic E-state index is 4.41. The highest BCUT2D eigenvalue weighted by atomic mass is 79.9. The lowest BCUT2D eigenvalue weighted by Gasteiger charge is -1.91. The number of hydrogen-bond donors (Lipinski definition) is 1. The third kappa shape index (κ3) is 1.78. The Morgan fingerprint density at radius 2 is 2.43 bits per heavy atom. The lowest BCUT2D eigenvalue weighted by Crippen LogP contribution is -2.11. The van der Waals surface area contributed by atoms with E-state index in [2.05, 4.69) is 31.3 Å². The second-order valence-electron chi connectivity index (χ2n) is 3.01. The summed E-state index contributed by atoms with van der Waals surface area (Å²) >= 11 is 3.44. The molecule has 2 rings (SSSR count). The van der Waals surface area contributed by atoms with Crippen molar-refractivity contribution in [1.82, 2.24) is 19.9 Å². The quantitative estimate of drug-likeness (QED) is 0.897. The van der Waals surface area contributed by atoms with E-state index in [1.54, 1.807) is 4.52 Å². The van der Waals surface area contributed by atoms with Gasteiger partial charge in [0.15, 0.2) is 11.5 Å². The Bertz CT molecular complexity index is 437. The van der Waals surface area contributed by atoms with Gasteiger partial charge in [0.05, 0.1) is 4.47 Å². The zero-order valence-electron chi connectivity index (χ0n) is 7.87. The molecule has 0 aromatic carbocycles. The fourth-order valence-electron chi connectivity index (χ4n) is 1.26. The molecule has 5 heteroatoms. The van der Waals surface area contributed by atoms with Crippen molar-refractivity contribution >= 4 is 21.6 Å². The first-order valence-corrected chi connectivity index (χ1v) is 5.25. The number of aromatic nitrogens is 3. The summed E-state index contributed by atoms with van der Waals surface area (Å²) in [5, 5.41) is 7.42. The van der Waals surface area contributed by atoms with Crippen LogP contribution in [0.2, 0.25) is 0 Å². The van der Waals surface area contributed by atoms with Gasteiger partial charge >= 0.3 is 0 Å². The van der Waals surface area contributed by atoms with Gasteiger partial charge in [0.2, 0.25) is 0 Å². The molecule has 0 aliphatic carbocycles. The first kappa shape index (κ1) is 9.61. The van der Waals surface area contributed by atoms with Crippen LogP contribution >= 0.6 is 15.9 Å². The second-order valence-corrected chi connectivity index (χ2v) is 3.86. The van der Waals surface area contributed by atoms with Crippen LogP contribution < -0.4 is 5.32 Å². The van der Waals surface area contributed by atoms with Crippen LogP contribution in [0.4, 0.5) is 0 Å². The van der Waals surface area contributed by atoms with Crippen molar-refractivity contribution in [3.05, 3.63) is 28.6 Å². The highest BCUT2D eigenvalue weighted by Gasteiger charge is 2.04. The minimum absolute atomic E-state index is 0.852. The van der Waals surface area contributed by atoms with Crippen molar-refractivity contribution in [2.45, 2.75) is 6.42 Å². The molecular weight excluding hydrogens is 244 g/mol. The molecule has 0 fully saturated rings. The number of rotatable bonds is 3. The van der Waals surface area contributed by atoms with Crippen molar-refractivity contribution in [2.24, 2.45) is 0 Å². The minimum Gasteiger partial charge on any atom is -0.319 e. The molecule has 0 radical (unpaired) electrons. The smallest absolute Gasteiger partial charge is 0.169 e. The Morgan fingerprint density at radius 1 is 1.57 bits per heavy atom. The summed E-state index contributed by atoms with van der Waals surface area (Å²) in [6.45, 7) is 0.897. The lowest BCUT2D eigenvalue weighted by atomic mass is 10.4. The van der Waals surface area contributed by atoms with Gasteiger partial charge in [-0.05, 0) is 35.1 Å². The minimum atomic E-state index is 0.852. The Balaban J connectivity index is 2.36. The molecule has 0 atom stereocenters. The van der Waals surface area contributed by atoms with Gasteiger partial charge in [-0.3, -0.25) is 0 Å². The molecule has 74 valence electrons. The van der Waals surface area contributed by atoms with Crippen molar-refractivity contribution in [1.29, 1.82) is 0 Å². The molecule has 0 spiro atoms. The van der Waals surface area contributed by atoms with E-state index < -0.39 is 0 Å². The molecule has 1 N–H and O–H groups in total. The molecule has 4 nitrogen and oxygen atoms in total. The Kier molecular flexibility index (Phi) is 2.79. The van der Waals surface area contributed by atoms with Gasteiger partial charge in [-0.25, -0.2) is 9.50 Å². The van der Waals surface area contributed by atoms with Crippen LogP contribution in [0, 0.1) is 0 Å². The summed E-state index contributed by atoms with van der Waals surface area (Å²) in [5.41, 5.74) is 0.874. The van der Waals surface area contributed by atoms with E-state index >= 15 is 0 Å². The fraction of sp³-hybridized carbons (Fsp3) is 0.333. The summed E-state index contributed by atoms with van der Waals surface area (Å²) in [6, 6.07) is 3.90. The fourth-order valence-corrected chi connectivity index (χ4v) is 1.68. The number of nitrogens with zero attached hydrogens (tertiary/aromatic N) is 3. The maximum absolute atomic E-state index is 4.41. The highest BCUT2D eigenvalue weighted by Crippen LogP contribution is 2.15. The van der Waals surface area contributed by atoms with Gasteiger partial charge in [0.25, 0.3) is 0 Å². The van der Waals surface area contributed by atoms with Gasteiger partial charge in [0, 0.05) is 19.2 Å². The first-order valence-electron chi connectivity index (χ1n) is 4.45. The molecule has 0 aliphatic heterocycles. The molecule has 2 aromatic rings. The van der Waals surface area contributed by atoms with Gasteiger partial charge < -0.3 is 5.32 Å². The molecule has 0 amide bonds. The molecule has 14 heavy (non-hydrogen) atoms. The predicted octanol–water partition coefficient (Wildman–Crippen LogP) is 1.25. The van der Waals surface area contributed by atoms with Gasteiger partial charge in [-0.1, -0.05) is 0 Å². The predicted molar refractivity (Wildman–Crippen MR) is 58.3 cm³/mol. The van der Waals surface area contributed by atoms with E-state index in [1.807, 2.05) is 25.4 Å². The number of nitrogens with one attached hydrogen (secondary N) is 1. The third-order valence-electron chi connectivity index (χ3n) is 1.96. The van der Waals surface area contributed by atoms with Crippen molar-refractivity contribution in [3.63, 3.8) is 0 Å². The SMILES string of the molecule is CNCCc1nc2c(Br)cccn2n1. The van der Waals surface area contributed by atoms with Crippen LogP contribution in [0.5, 0.6) is 0 Å². The van der Waals surface area contributed by atoms with Gasteiger partial charge in [-0.15, -0.1) is 0 Å². The van der Waals surface area contributed by atoms with Crippen LogP contribution in [0.3, 0.4) is 0 Å². The van der Waals surface area contributed by atoms with E-state index in [4.69, 9.17) is 0 Å². The van der Waals surface area contributed by atoms with Gasteiger partial charge in [-0.2, -0.15) is 5.10 Å². The Hall–Kier alpha value is -0.940. The average molecular weight is 255 g/mol. The van der Waals surface area contributed by atoms with Crippen LogP contribution in [-0.4, -0.2) is 28.2 Å². The van der Waals surface area contributed by atoms with Crippen LogP contribution in [0.25, 0.3) is 5.65 Å².